The summed E-state index contributed by atoms with van der Waals surface area (Å²) in [5, 5.41) is -0.167. The van der Waals surface area contributed by atoms with Gasteiger partial charge in [-0.1, -0.05) is 76.2 Å². The van der Waals surface area contributed by atoms with Gasteiger partial charge < -0.3 is 27.5 Å². The molecule has 9 heteroatoms. The van der Waals surface area contributed by atoms with E-state index in [-0.39, 0.29) is 64.3 Å². The van der Waals surface area contributed by atoms with Crippen LogP contribution in [0.25, 0.3) is 0 Å². The highest BCUT2D eigenvalue weighted by molar-refractivity contribution is 6.74. The Kier molecular flexibility index (Phi) is 9.87. The number of hydrogen-bond donors (Lipinski definition) is 0. The summed E-state index contributed by atoms with van der Waals surface area (Å²) in [5.74, 6) is -0.121. The number of rotatable bonds is 7. The zero-order valence-electron chi connectivity index (χ0n) is 28.1. The third-order valence-corrected chi connectivity index (χ3v) is 20.4. The van der Waals surface area contributed by atoms with Gasteiger partial charge in [0.15, 0.2) is 14.1 Å². The number of ketones is 1. The molecular formula is C32H60O7Si2. The second-order valence-corrected chi connectivity index (χ2v) is 25.3. The van der Waals surface area contributed by atoms with Crippen LogP contribution < -0.4 is 0 Å². The van der Waals surface area contributed by atoms with Crippen LogP contribution >= 0.6 is 0 Å². The summed E-state index contributed by atoms with van der Waals surface area (Å²) in [6, 6.07) is 3.24. The molecule has 0 bridgehead atoms. The van der Waals surface area contributed by atoms with Crippen molar-refractivity contribution in [2.24, 2.45) is 11.8 Å². The molecule has 0 amide bonds. The van der Waals surface area contributed by atoms with Crippen LogP contribution in [0.3, 0.4) is 0 Å². The molecule has 4 heterocycles. The van der Waals surface area contributed by atoms with Crippen molar-refractivity contribution in [3.8, 4) is 0 Å². The fourth-order valence-electron chi connectivity index (χ4n) is 8.56. The number of carbonyl (C=O) groups excluding carboxylic acids is 1. The number of fused-ring (bicyclic) bond motifs is 2. The monoisotopic (exact) mass is 612 g/mol. The van der Waals surface area contributed by atoms with Crippen molar-refractivity contribution >= 4 is 22.7 Å². The lowest BCUT2D eigenvalue weighted by molar-refractivity contribution is -0.375. The van der Waals surface area contributed by atoms with Crippen LogP contribution in [0.15, 0.2) is 0 Å². The first-order chi connectivity index (χ1) is 18.9. The second-order valence-electron chi connectivity index (χ2n) is 15.8. The van der Waals surface area contributed by atoms with Gasteiger partial charge in [0, 0.05) is 35.8 Å². The minimum Gasteiger partial charge on any atom is -0.411 e. The largest absolute Gasteiger partial charge is 0.411 e. The van der Waals surface area contributed by atoms with Gasteiger partial charge in [0.1, 0.15) is 11.9 Å². The Hall–Kier alpha value is -0.136. The van der Waals surface area contributed by atoms with E-state index in [9.17, 15) is 4.79 Å². The summed E-state index contributed by atoms with van der Waals surface area (Å²) in [6.07, 6.45) is 1.99. The zero-order chi connectivity index (χ0) is 30.6. The molecule has 0 aliphatic carbocycles. The number of hydrogen-bond acceptors (Lipinski definition) is 7. The van der Waals surface area contributed by atoms with E-state index in [1.54, 1.807) is 6.92 Å². The molecule has 0 aromatic heterocycles. The smallest absolute Gasteiger partial charge is 0.349 e. The lowest BCUT2D eigenvalue weighted by Gasteiger charge is -2.60. The van der Waals surface area contributed by atoms with Crippen molar-refractivity contribution in [3.05, 3.63) is 0 Å². The fourth-order valence-corrected chi connectivity index (χ4v) is 16.5. The third kappa shape index (κ3) is 6.35. The Labute approximate surface area is 252 Å². The van der Waals surface area contributed by atoms with Crippen LogP contribution in [0, 0.1) is 11.8 Å². The molecule has 9 atom stereocenters. The van der Waals surface area contributed by atoms with E-state index in [1.165, 1.54) is 0 Å². The molecule has 238 valence electrons. The van der Waals surface area contributed by atoms with Crippen molar-refractivity contribution in [3.63, 3.8) is 0 Å². The molecule has 4 aliphatic heterocycles. The predicted octanol–water partition coefficient (Wildman–Crippen LogP) is 7.52. The average molecular weight is 613 g/mol. The highest BCUT2D eigenvalue weighted by atomic mass is 28.4. The van der Waals surface area contributed by atoms with Crippen LogP contribution in [0.4, 0.5) is 0 Å². The Morgan fingerprint density at radius 2 is 1.49 bits per heavy atom. The molecule has 41 heavy (non-hydrogen) atoms. The summed E-state index contributed by atoms with van der Waals surface area (Å²) >= 11 is 0. The first kappa shape index (κ1) is 33.8. The van der Waals surface area contributed by atoms with Crippen LogP contribution in [-0.2, 0) is 32.3 Å². The van der Waals surface area contributed by atoms with E-state index in [4.69, 9.17) is 27.5 Å². The first-order valence-electron chi connectivity index (χ1n) is 16.4. The molecule has 4 fully saturated rings. The van der Waals surface area contributed by atoms with E-state index in [0.717, 1.165) is 37.4 Å². The summed E-state index contributed by atoms with van der Waals surface area (Å²) in [4.78, 5) is 12.5. The Balaban J connectivity index is 1.57. The van der Waals surface area contributed by atoms with Gasteiger partial charge in [0.05, 0.1) is 37.1 Å². The van der Waals surface area contributed by atoms with Crippen molar-refractivity contribution in [2.75, 3.05) is 6.61 Å². The van der Waals surface area contributed by atoms with Crippen molar-refractivity contribution < 1.29 is 32.3 Å². The van der Waals surface area contributed by atoms with Crippen molar-refractivity contribution in [1.29, 1.82) is 0 Å². The maximum absolute atomic E-state index is 12.5. The maximum Gasteiger partial charge on any atom is 0.349 e. The fraction of sp³-hybridized carbons (Fsp3) is 0.969. The second kappa shape index (κ2) is 12.0. The standard InChI is InChI=1S/C32H60O7Si2/c1-13-40(14-2,15-3)39-29-22(5)19-32(36-25(29)16-23(6)33)18-21(4)28-26(37-32)17-24-27(35-28)20-34-41(38-24,30(7,8)9)31(10,11)12/h21-22,24-29H,13-20H2,1-12H3. The number of carbonyl (C=O) groups is 1. The minimum absolute atomic E-state index is 0.0213. The zero-order valence-corrected chi connectivity index (χ0v) is 30.1. The van der Waals surface area contributed by atoms with E-state index in [0.29, 0.717) is 13.0 Å². The molecule has 9 unspecified atom stereocenters. The summed E-state index contributed by atoms with van der Waals surface area (Å²) in [5.41, 5.74) is 0. The van der Waals surface area contributed by atoms with Crippen molar-refractivity contribution in [2.45, 2.75) is 179 Å². The first-order valence-corrected chi connectivity index (χ1v) is 20.8. The summed E-state index contributed by atoms with van der Waals surface area (Å²) < 4.78 is 41.5. The van der Waals surface area contributed by atoms with E-state index in [1.807, 2.05) is 0 Å². The normalized spacial score (nSPS) is 39.7. The molecule has 0 saturated carbocycles. The summed E-state index contributed by atoms with van der Waals surface area (Å²) in [7, 11) is -4.50. The molecule has 0 aromatic rings. The van der Waals surface area contributed by atoms with Gasteiger partial charge in [-0.3, -0.25) is 4.79 Å². The topological polar surface area (TPSA) is 72.5 Å². The van der Waals surface area contributed by atoms with E-state index >= 15 is 0 Å². The van der Waals surface area contributed by atoms with Crippen LogP contribution in [0.1, 0.15) is 109 Å². The molecule has 0 aromatic carbocycles. The quantitative estimate of drug-likeness (QED) is 0.275. The van der Waals surface area contributed by atoms with Gasteiger partial charge in [-0.2, -0.15) is 0 Å². The Morgan fingerprint density at radius 3 is 2.02 bits per heavy atom. The molecule has 7 nitrogen and oxygen atoms in total. The lowest BCUT2D eigenvalue weighted by Crippen LogP contribution is -2.69. The predicted molar refractivity (Wildman–Crippen MR) is 167 cm³/mol. The SMILES string of the molecule is CC[Si](CC)(CC)OC1C(C)CC2(CC(C)C3OC4CO[Si](C(C)(C)C)(C(C)(C)C)OC4CC3O2)OC1CC(C)=O. The van der Waals surface area contributed by atoms with E-state index in [2.05, 4.69) is 76.2 Å². The highest BCUT2D eigenvalue weighted by Gasteiger charge is 2.64. The number of Topliss-reactive ketones (excluding diaryl/α,β-unsaturated/α-hetero) is 1. The molecule has 4 rings (SSSR count). The van der Waals surface area contributed by atoms with Crippen LogP contribution in [0.2, 0.25) is 28.2 Å². The number of ether oxygens (including phenoxy) is 3. The molecule has 0 N–H and O–H groups in total. The molecule has 1 spiro atoms. The molecule has 0 radical (unpaired) electrons. The molecule has 4 aliphatic rings. The van der Waals surface area contributed by atoms with Gasteiger partial charge in [-0.15, -0.1) is 0 Å². The maximum atomic E-state index is 12.5. The molecule has 4 saturated heterocycles. The molecular weight excluding hydrogens is 553 g/mol. The van der Waals surface area contributed by atoms with Gasteiger partial charge in [0.25, 0.3) is 0 Å². The highest BCUT2D eigenvalue weighted by Crippen LogP contribution is 2.56. The Bertz CT molecular complexity index is 904. The average Bonchev–Trinajstić information content (AvgIpc) is 2.86. The van der Waals surface area contributed by atoms with Crippen LogP contribution in [-0.4, -0.2) is 71.7 Å². The van der Waals surface area contributed by atoms with Gasteiger partial charge in [-0.25, -0.2) is 0 Å². The summed E-state index contributed by atoms with van der Waals surface area (Å²) in [6.45, 7) is 27.1. The van der Waals surface area contributed by atoms with Crippen molar-refractivity contribution in [1.82, 2.24) is 0 Å². The van der Waals surface area contributed by atoms with Gasteiger partial charge in [0.2, 0.25) is 0 Å². The Morgan fingerprint density at radius 1 is 0.902 bits per heavy atom. The van der Waals surface area contributed by atoms with Gasteiger partial charge in [-0.05, 0) is 36.9 Å². The third-order valence-electron chi connectivity index (χ3n) is 10.6. The lowest BCUT2D eigenvalue weighted by atomic mass is 9.78. The minimum atomic E-state index is -2.62. The van der Waals surface area contributed by atoms with Crippen LogP contribution in [0.5, 0.6) is 0 Å². The van der Waals surface area contributed by atoms with Gasteiger partial charge >= 0.3 is 8.56 Å². The van der Waals surface area contributed by atoms with E-state index < -0.39 is 22.7 Å².